The number of rotatable bonds is 4. The van der Waals surface area contributed by atoms with Gasteiger partial charge in [0.1, 0.15) is 5.65 Å². The van der Waals surface area contributed by atoms with Gasteiger partial charge < -0.3 is 14.9 Å². The number of fused-ring (bicyclic) bond motifs is 4. The van der Waals surface area contributed by atoms with Crippen molar-refractivity contribution in [3.63, 3.8) is 0 Å². The first-order valence-electron chi connectivity index (χ1n) is 12.1. The number of nitrogens with one attached hydrogen (secondary N) is 2. The number of hydrogen-bond donors (Lipinski definition) is 2. The molecule has 0 bridgehead atoms. The van der Waals surface area contributed by atoms with Crippen LogP contribution < -0.4 is 10.7 Å². The number of nitrogens with zero attached hydrogens (tertiary/aromatic N) is 1. The summed E-state index contributed by atoms with van der Waals surface area (Å²) in [4.78, 5) is 17.0. The van der Waals surface area contributed by atoms with Gasteiger partial charge in [-0.3, -0.25) is 4.79 Å². The summed E-state index contributed by atoms with van der Waals surface area (Å²) in [5.74, 6) is 2.67. The Morgan fingerprint density at radius 1 is 1.08 bits per heavy atom. The Bertz CT molecular complexity index is 1960. The number of terminal acetylenes is 1. The molecule has 1 saturated heterocycles. The molecule has 2 aromatic heterocycles. The van der Waals surface area contributed by atoms with Gasteiger partial charge in [0, 0.05) is 34.9 Å². The van der Waals surface area contributed by atoms with Gasteiger partial charge in [-0.15, -0.1) is 10.3 Å². The Balaban J connectivity index is 1.76. The molecule has 6 nitrogen and oxygen atoms in total. The molecule has 0 aliphatic carbocycles. The number of halogens is 1. The maximum atomic E-state index is 14.0. The molecule has 37 heavy (non-hydrogen) atoms. The van der Waals surface area contributed by atoms with Crippen LogP contribution in [0.25, 0.3) is 44.0 Å². The van der Waals surface area contributed by atoms with Crippen molar-refractivity contribution in [3.05, 3.63) is 75.9 Å². The number of aromatic nitrogens is 2. The first kappa shape index (κ1) is 23.5. The molecule has 5 aromatic rings. The van der Waals surface area contributed by atoms with E-state index in [9.17, 15) is 17.1 Å². The van der Waals surface area contributed by atoms with E-state index in [2.05, 4.69) is 20.8 Å². The minimum absolute atomic E-state index is 0.0279. The van der Waals surface area contributed by atoms with Crippen LogP contribution in [0.1, 0.15) is 36.9 Å². The van der Waals surface area contributed by atoms with E-state index in [0.29, 0.717) is 16.3 Å². The summed E-state index contributed by atoms with van der Waals surface area (Å²) < 4.78 is 39.2. The van der Waals surface area contributed by atoms with E-state index in [1.165, 1.54) is 18.2 Å². The lowest BCUT2D eigenvalue weighted by atomic mass is 9.90. The maximum Gasteiger partial charge on any atom is 0.332 e. The quantitative estimate of drug-likeness (QED) is 0.255. The van der Waals surface area contributed by atoms with Crippen LogP contribution in [-0.4, -0.2) is 31.1 Å². The number of pyridine rings is 1. The molecule has 1 fully saturated rings. The summed E-state index contributed by atoms with van der Waals surface area (Å²) in [6, 6.07) is 15.4. The van der Waals surface area contributed by atoms with E-state index in [1.54, 1.807) is 6.07 Å². The van der Waals surface area contributed by atoms with Crippen molar-refractivity contribution in [2.45, 2.75) is 30.7 Å². The highest BCUT2D eigenvalue weighted by Gasteiger charge is 2.26. The molecular formula is C29H24FN3O3S. The van der Waals surface area contributed by atoms with Gasteiger partial charge in [0.05, 0.1) is 21.8 Å². The Morgan fingerprint density at radius 3 is 2.51 bits per heavy atom. The van der Waals surface area contributed by atoms with Gasteiger partial charge in [-0.25, -0.2) is 0 Å². The fourth-order valence-corrected chi connectivity index (χ4v) is 5.81. The second kappa shape index (κ2) is 8.30. The molecule has 8 heteroatoms. The molecule has 1 aliphatic rings. The van der Waals surface area contributed by atoms with Crippen LogP contribution >= 0.6 is 0 Å². The molecule has 0 saturated carbocycles. The summed E-state index contributed by atoms with van der Waals surface area (Å²) in [7, 11) is -4.86. The second-order valence-corrected chi connectivity index (χ2v) is 11.2. The highest BCUT2D eigenvalue weighted by molar-refractivity contribution is 7.86. The van der Waals surface area contributed by atoms with E-state index in [-0.39, 0.29) is 17.4 Å². The summed E-state index contributed by atoms with van der Waals surface area (Å²) in [5.41, 5.74) is 5.11. The Kier molecular flexibility index (Phi) is 5.26. The average Bonchev–Trinajstić information content (AvgIpc) is 3.22. The molecule has 1 aliphatic heterocycles. The zero-order valence-corrected chi connectivity index (χ0v) is 21.1. The summed E-state index contributed by atoms with van der Waals surface area (Å²) in [6.45, 7) is 5.52. The number of H-pyrrole nitrogens is 1. The van der Waals surface area contributed by atoms with Crippen LogP contribution in [0.4, 0.5) is 3.89 Å². The van der Waals surface area contributed by atoms with E-state index >= 15 is 0 Å². The number of hydrogen-bond acceptors (Lipinski definition) is 4. The molecule has 186 valence electrons. The van der Waals surface area contributed by atoms with Crippen molar-refractivity contribution < 1.29 is 12.3 Å². The number of benzene rings is 3. The van der Waals surface area contributed by atoms with Crippen molar-refractivity contribution in [2.24, 2.45) is 0 Å². The lowest BCUT2D eigenvalue weighted by Gasteiger charge is -2.32. The summed E-state index contributed by atoms with van der Waals surface area (Å²) in [5, 5.41) is 5.33. The van der Waals surface area contributed by atoms with Gasteiger partial charge in [0.25, 0.3) is 0 Å². The predicted molar refractivity (Wildman–Crippen MR) is 145 cm³/mol. The third kappa shape index (κ3) is 3.66. The van der Waals surface area contributed by atoms with Crippen LogP contribution in [0, 0.1) is 12.3 Å². The zero-order chi connectivity index (χ0) is 26.1. The third-order valence-electron chi connectivity index (χ3n) is 7.26. The van der Waals surface area contributed by atoms with Crippen molar-refractivity contribution in [3.8, 4) is 23.5 Å². The number of aromatic amines is 1. The molecule has 0 unspecified atom stereocenters. The van der Waals surface area contributed by atoms with Gasteiger partial charge in [0.15, 0.2) is 5.43 Å². The van der Waals surface area contributed by atoms with Crippen molar-refractivity contribution in [2.75, 3.05) is 13.1 Å². The SMILES string of the molecule is C#Cc1ccc2c(c1)[nH]c1c2c(=O)c2cc(C(C)C)c(-c3cccc(S(=O)(=O)F)c3)cc2n1C1CNC1. The van der Waals surface area contributed by atoms with Crippen LogP contribution in [0.15, 0.2) is 64.3 Å². The van der Waals surface area contributed by atoms with Crippen molar-refractivity contribution >= 4 is 43.1 Å². The molecule has 0 radical (unpaired) electrons. The lowest BCUT2D eigenvalue weighted by Crippen LogP contribution is -2.44. The van der Waals surface area contributed by atoms with Crippen molar-refractivity contribution in [1.29, 1.82) is 0 Å². The van der Waals surface area contributed by atoms with E-state index in [4.69, 9.17) is 6.42 Å². The van der Waals surface area contributed by atoms with E-state index in [0.717, 1.165) is 51.8 Å². The topological polar surface area (TPSA) is 84.0 Å². The minimum atomic E-state index is -4.86. The maximum absolute atomic E-state index is 14.0. The van der Waals surface area contributed by atoms with E-state index in [1.807, 2.05) is 44.2 Å². The Hall–Kier alpha value is -3.93. The fraction of sp³-hybridized carbons (Fsp3) is 0.207. The van der Waals surface area contributed by atoms with Gasteiger partial charge in [-0.2, -0.15) is 8.42 Å². The Labute approximate surface area is 213 Å². The average molecular weight is 514 g/mol. The summed E-state index contributed by atoms with van der Waals surface area (Å²) >= 11 is 0. The second-order valence-electron chi connectivity index (χ2n) is 9.84. The van der Waals surface area contributed by atoms with Gasteiger partial charge in [-0.1, -0.05) is 38.0 Å². The fourth-order valence-electron chi connectivity index (χ4n) is 5.30. The van der Waals surface area contributed by atoms with Crippen LogP contribution in [0.3, 0.4) is 0 Å². The smallest absolute Gasteiger partial charge is 0.332 e. The van der Waals surface area contributed by atoms with Gasteiger partial charge in [0.2, 0.25) is 0 Å². The Morgan fingerprint density at radius 2 is 1.86 bits per heavy atom. The van der Waals surface area contributed by atoms with Crippen molar-refractivity contribution in [1.82, 2.24) is 14.9 Å². The lowest BCUT2D eigenvalue weighted by molar-refractivity contribution is 0.357. The highest BCUT2D eigenvalue weighted by Crippen LogP contribution is 2.37. The molecule has 6 rings (SSSR count). The summed E-state index contributed by atoms with van der Waals surface area (Å²) in [6.07, 6.45) is 5.61. The van der Waals surface area contributed by atoms with Crippen LogP contribution in [0.2, 0.25) is 0 Å². The predicted octanol–water partition coefficient (Wildman–Crippen LogP) is 5.21. The molecule has 0 amide bonds. The molecule has 2 N–H and O–H groups in total. The van der Waals surface area contributed by atoms with Gasteiger partial charge >= 0.3 is 10.2 Å². The zero-order valence-electron chi connectivity index (χ0n) is 20.3. The van der Waals surface area contributed by atoms with Crippen LogP contribution in [-0.2, 0) is 10.2 Å². The monoisotopic (exact) mass is 513 g/mol. The molecule has 3 aromatic carbocycles. The molecule has 0 atom stereocenters. The third-order valence-corrected chi connectivity index (χ3v) is 8.08. The standard InChI is InChI=1S/C29H24FN3O3S/c1-4-17-8-9-21-25(10-17)32-29-27(21)28(34)24-12-22(16(2)3)23(13-26(24)33(29)19-14-31-15-19)18-6-5-7-20(11-18)37(30,35)36/h1,5-13,16,19,31-32H,14-15H2,2-3H3. The van der Waals surface area contributed by atoms with Gasteiger partial charge in [-0.05, 0) is 59.0 Å². The molecule has 3 heterocycles. The highest BCUT2D eigenvalue weighted by atomic mass is 32.3. The first-order valence-corrected chi connectivity index (χ1v) is 13.5. The van der Waals surface area contributed by atoms with Crippen LogP contribution in [0.5, 0.6) is 0 Å². The molecule has 0 spiro atoms. The normalized spacial score (nSPS) is 14.5. The minimum Gasteiger partial charge on any atom is -0.340 e. The largest absolute Gasteiger partial charge is 0.340 e. The molecular weight excluding hydrogens is 489 g/mol. The first-order chi connectivity index (χ1) is 17.7. The van der Waals surface area contributed by atoms with E-state index < -0.39 is 15.1 Å².